The van der Waals surface area contributed by atoms with Gasteiger partial charge in [-0.05, 0) is 44.5 Å². The van der Waals surface area contributed by atoms with Crippen molar-refractivity contribution in [3.05, 3.63) is 64.7 Å². The highest BCUT2D eigenvalue weighted by atomic mass is 16.4. The summed E-state index contributed by atoms with van der Waals surface area (Å²) in [5.74, 6) is 0.121. The van der Waals surface area contributed by atoms with Crippen molar-refractivity contribution in [3.63, 3.8) is 0 Å². The third-order valence-electron chi connectivity index (χ3n) is 3.50. The summed E-state index contributed by atoms with van der Waals surface area (Å²) in [5, 5.41) is 10.5. The fourth-order valence-electron chi connectivity index (χ4n) is 2.48. The van der Waals surface area contributed by atoms with Gasteiger partial charge in [0.1, 0.15) is 0 Å². The van der Waals surface area contributed by atoms with Crippen LogP contribution in [0.25, 0.3) is 11.5 Å². The minimum absolute atomic E-state index is 0.0902. The molecule has 0 aliphatic carbocycles. The summed E-state index contributed by atoms with van der Waals surface area (Å²) in [6.07, 6.45) is 0. The normalized spacial score (nSPS) is 10.6. The van der Waals surface area contributed by atoms with Gasteiger partial charge in [0.25, 0.3) is 5.91 Å². The van der Waals surface area contributed by atoms with Crippen molar-refractivity contribution in [1.29, 1.82) is 0 Å². The molecule has 23 heavy (non-hydrogen) atoms. The zero-order valence-electron chi connectivity index (χ0n) is 13.3. The van der Waals surface area contributed by atoms with E-state index in [9.17, 15) is 4.79 Å². The van der Waals surface area contributed by atoms with E-state index >= 15 is 0 Å². The van der Waals surface area contributed by atoms with Gasteiger partial charge in [-0.15, -0.1) is 5.10 Å². The number of hydrogen-bond donors (Lipinski definition) is 1. The number of carbonyl (C=O) groups is 1. The lowest BCUT2D eigenvalue weighted by molar-refractivity contribution is 0.102. The molecule has 0 spiro atoms. The number of amides is 1. The summed E-state index contributed by atoms with van der Waals surface area (Å²) < 4.78 is 5.56. The molecule has 0 saturated carbocycles. The van der Waals surface area contributed by atoms with Crippen molar-refractivity contribution in [2.24, 2.45) is 0 Å². The van der Waals surface area contributed by atoms with Crippen LogP contribution < -0.4 is 5.32 Å². The van der Waals surface area contributed by atoms with Crippen LogP contribution in [0.3, 0.4) is 0 Å². The Bertz CT molecular complexity index is 848. The Balaban J connectivity index is 1.82. The first kappa shape index (κ1) is 15.0. The molecule has 0 bridgehead atoms. The summed E-state index contributed by atoms with van der Waals surface area (Å²) in [4.78, 5) is 12.3. The molecule has 0 atom stereocenters. The Morgan fingerprint density at radius 1 is 1.00 bits per heavy atom. The smallest absolute Gasteiger partial charge is 0.322 e. The van der Waals surface area contributed by atoms with E-state index in [0.717, 1.165) is 22.3 Å². The first-order valence-corrected chi connectivity index (χ1v) is 7.32. The first-order valence-electron chi connectivity index (χ1n) is 7.32. The second-order valence-corrected chi connectivity index (χ2v) is 5.56. The molecule has 0 fully saturated rings. The number of hydrogen-bond acceptors (Lipinski definition) is 4. The number of aromatic nitrogens is 2. The molecule has 116 valence electrons. The van der Waals surface area contributed by atoms with Crippen LogP contribution in [0.5, 0.6) is 0 Å². The van der Waals surface area contributed by atoms with E-state index in [1.54, 1.807) is 6.07 Å². The van der Waals surface area contributed by atoms with Crippen LogP contribution in [-0.2, 0) is 0 Å². The second-order valence-electron chi connectivity index (χ2n) is 5.56. The number of nitrogens with one attached hydrogen (secondary N) is 1. The molecule has 3 aromatic rings. The van der Waals surface area contributed by atoms with Crippen molar-refractivity contribution >= 4 is 11.9 Å². The van der Waals surface area contributed by atoms with Gasteiger partial charge in [-0.2, -0.15) is 0 Å². The molecule has 1 N–H and O–H groups in total. The standard InChI is InChI=1S/C18H17N3O2/c1-11-8-12(2)10-14(9-11)17-20-21-18(23-17)19-16(22)15-7-5-4-6-13(15)3/h4-10H,1-3H3,(H,19,21,22). The Morgan fingerprint density at radius 3 is 2.39 bits per heavy atom. The maximum atomic E-state index is 12.3. The highest BCUT2D eigenvalue weighted by Crippen LogP contribution is 2.22. The number of carbonyl (C=O) groups excluding carboxylic acids is 1. The van der Waals surface area contributed by atoms with Crippen molar-refractivity contribution in [1.82, 2.24) is 10.2 Å². The molecule has 0 radical (unpaired) electrons. The molecular weight excluding hydrogens is 290 g/mol. The van der Waals surface area contributed by atoms with Gasteiger partial charge in [0, 0.05) is 11.1 Å². The summed E-state index contributed by atoms with van der Waals surface area (Å²) in [6, 6.07) is 13.4. The highest BCUT2D eigenvalue weighted by Gasteiger charge is 2.14. The van der Waals surface area contributed by atoms with Crippen LogP contribution in [0.2, 0.25) is 0 Å². The van der Waals surface area contributed by atoms with E-state index in [0.29, 0.717) is 11.5 Å². The molecule has 0 aliphatic rings. The Kier molecular flexibility index (Phi) is 3.93. The Labute approximate surface area is 134 Å². The van der Waals surface area contributed by atoms with Crippen molar-refractivity contribution in [2.45, 2.75) is 20.8 Å². The van der Waals surface area contributed by atoms with Crippen LogP contribution in [0.1, 0.15) is 27.0 Å². The molecule has 5 nitrogen and oxygen atoms in total. The van der Waals surface area contributed by atoms with Crippen LogP contribution >= 0.6 is 0 Å². The van der Waals surface area contributed by atoms with Crippen molar-refractivity contribution < 1.29 is 9.21 Å². The maximum absolute atomic E-state index is 12.3. The molecule has 0 unspecified atom stereocenters. The zero-order valence-corrected chi connectivity index (χ0v) is 13.3. The number of aryl methyl sites for hydroxylation is 3. The van der Waals surface area contributed by atoms with E-state index in [4.69, 9.17) is 4.42 Å². The van der Waals surface area contributed by atoms with E-state index < -0.39 is 0 Å². The van der Waals surface area contributed by atoms with Crippen molar-refractivity contribution in [2.75, 3.05) is 5.32 Å². The average Bonchev–Trinajstić information content (AvgIpc) is 2.95. The minimum Gasteiger partial charge on any atom is -0.403 e. The summed E-state index contributed by atoms with van der Waals surface area (Å²) in [5.41, 5.74) is 4.54. The first-order chi connectivity index (χ1) is 11.0. The molecule has 1 aromatic heterocycles. The predicted molar refractivity (Wildman–Crippen MR) is 88.3 cm³/mol. The minimum atomic E-state index is -0.265. The van der Waals surface area contributed by atoms with Crippen LogP contribution in [0.4, 0.5) is 6.01 Å². The molecule has 5 heteroatoms. The molecule has 0 saturated heterocycles. The van der Waals surface area contributed by atoms with Gasteiger partial charge in [0.15, 0.2) is 0 Å². The zero-order chi connectivity index (χ0) is 16.4. The van der Waals surface area contributed by atoms with E-state index in [1.807, 2.05) is 51.1 Å². The van der Waals surface area contributed by atoms with Gasteiger partial charge in [-0.1, -0.05) is 40.5 Å². The molecular formula is C18H17N3O2. The predicted octanol–water partition coefficient (Wildman–Crippen LogP) is 3.91. The number of rotatable bonds is 3. The van der Waals surface area contributed by atoms with Gasteiger partial charge < -0.3 is 4.42 Å². The van der Waals surface area contributed by atoms with E-state index in [1.165, 1.54) is 0 Å². The Hall–Kier alpha value is -2.95. The van der Waals surface area contributed by atoms with Crippen LogP contribution in [0, 0.1) is 20.8 Å². The van der Waals surface area contributed by atoms with Gasteiger partial charge in [-0.25, -0.2) is 0 Å². The van der Waals surface area contributed by atoms with Gasteiger partial charge in [0.2, 0.25) is 5.89 Å². The van der Waals surface area contributed by atoms with Gasteiger partial charge in [0.05, 0.1) is 0 Å². The SMILES string of the molecule is Cc1cc(C)cc(-c2nnc(NC(=O)c3ccccc3C)o2)c1. The quantitative estimate of drug-likeness (QED) is 0.796. The molecule has 1 amide bonds. The summed E-state index contributed by atoms with van der Waals surface area (Å²) >= 11 is 0. The highest BCUT2D eigenvalue weighted by molar-refractivity contribution is 6.04. The second kappa shape index (κ2) is 6.04. The third-order valence-corrected chi connectivity index (χ3v) is 3.50. The van der Waals surface area contributed by atoms with E-state index in [2.05, 4.69) is 21.6 Å². The summed E-state index contributed by atoms with van der Waals surface area (Å²) in [7, 11) is 0. The summed E-state index contributed by atoms with van der Waals surface area (Å²) in [6.45, 7) is 5.89. The maximum Gasteiger partial charge on any atom is 0.322 e. The third kappa shape index (κ3) is 3.29. The average molecular weight is 307 g/mol. The van der Waals surface area contributed by atoms with Crippen LogP contribution in [0.15, 0.2) is 46.9 Å². The lowest BCUT2D eigenvalue weighted by atomic mass is 10.1. The Morgan fingerprint density at radius 2 is 1.70 bits per heavy atom. The number of anilines is 1. The number of nitrogens with zero attached hydrogens (tertiary/aromatic N) is 2. The number of benzene rings is 2. The van der Waals surface area contributed by atoms with Crippen LogP contribution in [-0.4, -0.2) is 16.1 Å². The van der Waals surface area contributed by atoms with Gasteiger partial charge in [-0.3, -0.25) is 10.1 Å². The van der Waals surface area contributed by atoms with E-state index in [-0.39, 0.29) is 11.9 Å². The van der Waals surface area contributed by atoms with Crippen molar-refractivity contribution in [3.8, 4) is 11.5 Å². The fourth-order valence-corrected chi connectivity index (χ4v) is 2.48. The molecule has 0 aliphatic heterocycles. The monoisotopic (exact) mass is 307 g/mol. The molecule has 1 heterocycles. The molecule has 3 rings (SSSR count). The molecule has 2 aromatic carbocycles. The lowest BCUT2D eigenvalue weighted by Gasteiger charge is -2.03. The fraction of sp³-hybridized carbons (Fsp3) is 0.167. The lowest BCUT2D eigenvalue weighted by Crippen LogP contribution is -2.13. The van der Waals surface area contributed by atoms with Gasteiger partial charge >= 0.3 is 6.01 Å². The largest absolute Gasteiger partial charge is 0.403 e. The topological polar surface area (TPSA) is 68.0 Å².